The Kier molecular flexibility index (Phi) is 6.63. The zero-order valence-corrected chi connectivity index (χ0v) is 16.5. The van der Waals surface area contributed by atoms with Crippen LogP contribution in [0.25, 0.3) is 0 Å². The number of amides is 2. The van der Waals surface area contributed by atoms with Gasteiger partial charge in [0.2, 0.25) is 5.91 Å². The summed E-state index contributed by atoms with van der Waals surface area (Å²) in [4.78, 5) is 24.5. The van der Waals surface area contributed by atoms with Crippen molar-refractivity contribution in [2.45, 2.75) is 20.5 Å². The molecule has 148 valence electrons. The van der Waals surface area contributed by atoms with Crippen molar-refractivity contribution in [1.29, 1.82) is 0 Å². The van der Waals surface area contributed by atoms with Crippen molar-refractivity contribution >= 4 is 23.2 Å². The second kappa shape index (κ2) is 9.55. The van der Waals surface area contributed by atoms with E-state index in [4.69, 9.17) is 4.74 Å². The number of hydrogen-bond acceptors (Lipinski definition) is 3. The Hall–Kier alpha value is -3.60. The summed E-state index contributed by atoms with van der Waals surface area (Å²) in [5, 5.41) is 5.68. The largest absolute Gasteiger partial charge is 0.489 e. The van der Waals surface area contributed by atoms with Crippen LogP contribution in [0.2, 0.25) is 0 Å². The maximum Gasteiger partial charge on any atom is 0.255 e. The zero-order valence-electron chi connectivity index (χ0n) is 16.5. The Morgan fingerprint density at radius 1 is 0.828 bits per heavy atom. The molecule has 0 aliphatic carbocycles. The smallest absolute Gasteiger partial charge is 0.255 e. The van der Waals surface area contributed by atoms with Crippen molar-refractivity contribution in [2.75, 3.05) is 10.6 Å². The third kappa shape index (κ3) is 5.94. The van der Waals surface area contributed by atoms with E-state index < -0.39 is 0 Å². The zero-order chi connectivity index (χ0) is 20.6. The average Bonchev–Trinajstić information content (AvgIpc) is 2.73. The summed E-state index contributed by atoms with van der Waals surface area (Å²) in [5.74, 6) is 0.186. The molecule has 5 heteroatoms. The first-order chi connectivity index (χ1) is 14.0. The number of carbonyl (C=O) groups is 2. The molecule has 0 spiro atoms. The Balaban J connectivity index is 1.64. The highest BCUT2D eigenvalue weighted by molar-refractivity contribution is 6.05. The first kappa shape index (κ1) is 20.1. The van der Waals surface area contributed by atoms with Gasteiger partial charge in [0, 0.05) is 22.9 Å². The first-order valence-corrected chi connectivity index (χ1v) is 9.50. The molecule has 0 atom stereocenters. The van der Waals surface area contributed by atoms with E-state index in [9.17, 15) is 9.59 Å². The van der Waals surface area contributed by atoms with Gasteiger partial charge < -0.3 is 15.4 Å². The summed E-state index contributed by atoms with van der Waals surface area (Å²) in [6.07, 6.45) is 0. The molecule has 0 saturated carbocycles. The molecule has 3 aromatic carbocycles. The van der Waals surface area contributed by atoms with E-state index in [1.165, 1.54) is 0 Å². The van der Waals surface area contributed by atoms with E-state index in [2.05, 4.69) is 10.6 Å². The van der Waals surface area contributed by atoms with Crippen LogP contribution in [0.1, 0.15) is 29.8 Å². The lowest BCUT2D eigenvalue weighted by Crippen LogP contribution is -2.18. The molecule has 0 aliphatic rings. The van der Waals surface area contributed by atoms with Gasteiger partial charge in [0.1, 0.15) is 12.4 Å². The van der Waals surface area contributed by atoms with Crippen LogP contribution in [0, 0.1) is 5.92 Å². The molecule has 0 saturated heterocycles. The fourth-order valence-electron chi connectivity index (χ4n) is 2.63. The van der Waals surface area contributed by atoms with E-state index in [0.717, 1.165) is 5.56 Å². The van der Waals surface area contributed by atoms with Crippen LogP contribution in [-0.4, -0.2) is 11.8 Å². The van der Waals surface area contributed by atoms with Gasteiger partial charge in [-0.1, -0.05) is 56.3 Å². The Morgan fingerprint density at radius 2 is 1.52 bits per heavy atom. The number of carbonyl (C=O) groups excluding carboxylic acids is 2. The lowest BCUT2D eigenvalue weighted by atomic mass is 10.2. The molecular weight excluding hydrogens is 364 g/mol. The van der Waals surface area contributed by atoms with Gasteiger partial charge in [0.15, 0.2) is 0 Å². The maximum absolute atomic E-state index is 12.6. The van der Waals surface area contributed by atoms with E-state index in [-0.39, 0.29) is 17.7 Å². The normalized spacial score (nSPS) is 10.4. The lowest BCUT2D eigenvalue weighted by molar-refractivity contribution is -0.118. The van der Waals surface area contributed by atoms with E-state index in [1.54, 1.807) is 42.5 Å². The van der Waals surface area contributed by atoms with Crippen LogP contribution in [0.4, 0.5) is 11.4 Å². The summed E-state index contributed by atoms with van der Waals surface area (Å²) in [5.41, 5.74) is 2.79. The highest BCUT2D eigenvalue weighted by Gasteiger charge is 2.10. The van der Waals surface area contributed by atoms with Crippen LogP contribution >= 0.6 is 0 Å². The molecule has 0 aromatic heterocycles. The minimum atomic E-state index is -0.248. The summed E-state index contributed by atoms with van der Waals surface area (Å²) < 4.78 is 5.79. The van der Waals surface area contributed by atoms with Crippen molar-refractivity contribution in [3.63, 3.8) is 0 Å². The molecule has 0 bridgehead atoms. The second-order valence-electron chi connectivity index (χ2n) is 6.98. The van der Waals surface area contributed by atoms with Crippen LogP contribution < -0.4 is 15.4 Å². The molecule has 0 heterocycles. The van der Waals surface area contributed by atoms with Gasteiger partial charge in [0.05, 0.1) is 0 Å². The van der Waals surface area contributed by atoms with Gasteiger partial charge in [-0.25, -0.2) is 0 Å². The molecule has 3 rings (SSSR count). The first-order valence-electron chi connectivity index (χ1n) is 9.50. The van der Waals surface area contributed by atoms with Crippen molar-refractivity contribution in [3.8, 4) is 5.75 Å². The lowest BCUT2D eigenvalue weighted by Gasteiger charge is -2.11. The standard InChI is InChI=1S/C24H24N2O3/c1-17(2)23(27)25-20-11-7-12-21(15-20)26-24(28)19-10-6-13-22(14-19)29-16-18-8-4-3-5-9-18/h3-15,17H,16H2,1-2H3,(H,25,27)(H,26,28). The van der Waals surface area contributed by atoms with E-state index in [0.29, 0.717) is 29.3 Å². The summed E-state index contributed by atoms with van der Waals surface area (Å²) >= 11 is 0. The number of anilines is 2. The minimum absolute atomic E-state index is 0.0725. The number of ether oxygens (including phenoxy) is 1. The summed E-state index contributed by atoms with van der Waals surface area (Å²) in [7, 11) is 0. The molecule has 2 amide bonds. The monoisotopic (exact) mass is 388 g/mol. The molecule has 3 aromatic rings. The second-order valence-corrected chi connectivity index (χ2v) is 6.98. The highest BCUT2D eigenvalue weighted by atomic mass is 16.5. The number of rotatable bonds is 7. The molecule has 0 fully saturated rings. The van der Waals surface area contributed by atoms with Gasteiger partial charge in [-0.15, -0.1) is 0 Å². The van der Waals surface area contributed by atoms with Crippen LogP contribution in [-0.2, 0) is 11.4 Å². The van der Waals surface area contributed by atoms with Crippen molar-refractivity contribution in [1.82, 2.24) is 0 Å². The predicted octanol–water partition coefficient (Wildman–Crippen LogP) is 5.11. The van der Waals surface area contributed by atoms with Gasteiger partial charge in [0.25, 0.3) is 5.91 Å². The molecule has 0 radical (unpaired) electrons. The third-order valence-electron chi connectivity index (χ3n) is 4.26. The topological polar surface area (TPSA) is 67.4 Å². The van der Waals surface area contributed by atoms with Crippen molar-refractivity contribution in [2.24, 2.45) is 5.92 Å². The number of benzene rings is 3. The van der Waals surface area contributed by atoms with E-state index in [1.807, 2.05) is 50.2 Å². The molecule has 29 heavy (non-hydrogen) atoms. The molecule has 2 N–H and O–H groups in total. The van der Waals surface area contributed by atoms with Crippen LogP contribution in [0.15, 0.2) is 78.9 Å². The Morgan fingerprint density at radius 3 is 2.24 bits per heavy atom. The minimum Gasteiger partial charge on any atom is -0.489 e. The SMILES string of the molecule is CC(C)C(=O)Nc1cccc(NC(=O)c2cccc(OCc3ccccc3)c2)c1. The summed E-state index contributed by atoms with van der Waals surface area (Å²) in [6.45, 7) is 4.09. The van der Waals surface area contributed by atoms with Crippen molar-refractivity contribution in [3.05, 3.63) is 90.0 Å². The molecule has 5 nitrogen and oxygen atoms in total. The number of nitrogens with one attached hydrogen (secondary N) is 2. The number of hydrogen-bond donors (Lipinski definition) is 2. The Bertz CT molecular complexity index is 984. The van der Waals surface area contributed by atoms with Gasteiger partial charge >= 0.3 is 0 Å². The quantitative estimate of drug-likeness (QED) is 0.591. The Labute approximate surface area is 170 Å². The molecule has 0 aliphatic heterocycles. The van der Waals surface area contributed by atoms with Gasteiger partial charge in [-0.2, -0.15) is 0 Å². The fourth-order valence-corrected chi connectivity index (χ4v) is 2.63. The molecular formula is C24H24N2O3. The van der Waals surface area contributed by atoms with Gasteiger partial charge in [-0.05, 0) is 42.0 Å². The van der Waals surface area contributed by atoms with E-state index >= 15 is 0 Å². The van der Waals surface area contributed by atoms with Crippen LogP contribution in [0.3, 0.4) is 0 Å². The maximum atomic E-state index is 12.6. The van der Waals surface area contributed by atoms with Crippen molar-refractivity contribution < 1.29 is 14.3 Å². The predicted molar refractivity (Wildman–Crippen MR) is 115 cm³/mol. The average molecular weight is 388 g/mol. The summed E-state index contributed by atoms with van der Waals surface area (Å²) in [6, 6.07) is 24.0. The van der Waals surface area contributed by atoms with Crippen LogP contribution in [0.5, 0.6) is 5.75 Å². The molecule has 0 unspecified atom stereocenters. The fraction of sp³-hybridized carbons (Fsp3) is 0.167. The van der Waals surface area contributed by atoms with Gasteiger partial charge in [-0.3, -0.25) is 9.59 Å². The highest BCUT2D eigenvalue weighted by Crippen LogP contribution is 2.19. The third-order valence-corrected chi connectivity index (χ3v) is 4.26.